The molecule has 0 atom stereocenters. The molecule has 16 heavy (non-hydrogen) atoms. The Morgan fingerprint density at radius 1 is 1.31 bits per heavy atom. The lowest BCUT2D eigenvalue weighted by Crippen LogP contribution is -2.03. The Bertz CT molecular complexity index is 395. The lowest BCUT2D eigenvalue weighted by Gasteiger charge is -2.10. The highest BCUT2D eigenvalue weighted by Crippen LogP contribution is 2.24. The van der Waals surface area contributed by atoms with Crippen LogP contribution in [-0.4, -0.2) is 26.0 Å². The summed E-state index contributed by atoms with van der Waals surface area (Å²) in [7, 11) is 5.85. The molecule has 0 spiro atoms. The summed E-state index contributed by atoms with van der Waals surface area (Å²) in [6, 6.07) is 7.82. The van der Waals surface area contributed by atoms with Gasteiger partial charge in [0.1, 0.15) is 0 Å². The van der Waals surface area contributed by atoms with Crippen molar-refractivity contribution in [2.45, 2.75) is 0 Å². The van der Waals surface area contributed by atoms with Gasteiger partial charge in [0.25, 0.3) is 0 Å². The average molecular weight is 237 g/mol. The molecule has 1 aromatic rings. The maximum atomic E-state index is 6.17. The first-order valence-corrected chi connectivity index (χ1v) is 5.50. The van der Waals surface area contributed by atoms with Gasteiger partial charge in [-0.1, -0.05) is 29.8 Å². The summed E-state index contributed by atoms with van der Waals surface area (Å²) in [5.74, 6) is 0. The predicted octanol–water partition coefficient (Wildman–Crippen LogP) is 2.98. The molecule has 0 aromatic heterocycles. The van der Waals surface area contributed by atoms with Gasteiger partial charge in [-0.3, -0.25) is 0 Å². The lowest BCUT2D eigenvalue weighted by atomic mass is 10.1. The van der Waals surface area contributed by atoms with Gasteiger partial charge in [-0.05, 0) is 18.3 Å². The van der Waals surface area contributed by atoms with Crippen LogP contribution in [-0.2, 0) is 0 Å². The number of rotatable bonds is 4. The second-order valence-electron chi connectivity index (χ2n) is 3.65. The number of hydrogen-bond acceptors (Lipinski definition) is 2. The summed E-state index contributed by atoms with van der Waals surface area (Å²) >= 11 is 6.17. The van der Waals surface area contributed by atoms with Crippen molar-refractivity contribution >= 4 is 17.2 Å². The van der Waals surface area contributed by atoms with Crippen LogP contribution in [0.15, 0.2) is 42.7 Å². The Kier molecular flexibility index (Phi) is 4.93. The second kappa shape index (κ2) is 6.23. The normalized spacial score (nSPS) is 11.9. The molecule has 1 rings (SSSR count). The number of benzene rings is 1. The summed E-state index contributed by atoms with van der Waals surface area (Å²) < 4.78 is 0. The third kappa shape index (κ3) is 3.63. The standard InChI is InChI=1S/C13H17ClN2/c1-15-9-8-11(10-16(2)3)12-6-4-5-7-13(12)14/h4-10,15H,1-3H3. The van der Waals surface area contributed by atoms with Crippen molar-refractivity contribution in [1.29, 1.82) is 0 Å². The maximum absolute atomic E-state index is 6.17. The molecule has 0 heterocycles. The zero-order chi connectivity index (χ0) is 12.0. The molecular weight excluding hydrogens is 220 g/mol. The van der Waals surface area contributed by atoms with Crippen LogP contribution in [0.2, 0.25) is 5.02 Å². The van der Waals surface area contributed by atoms with E-state index in [9.17, 15) is 0 Å². The molecule has 0 aliphatic heterocycles. The Balaban J connectivity index is 3.11. The van der Waals surface area contributed by atoms with Crippen molar-refractivity contribution in [3.05, 3.63) is 53.3 Å². The minimum absolute atomic E-state index is 0.761. The lowest BCUT2D eigenvalue weighted by molar-refractivity contribution is 0.566. The highest BCUT2D eigenvalue weighted by Gasteiger charge is 2.02. The topological polar surface area (TPSA) is 15.3 Å². The summed E-state index contributed by atoms with van der Waals surface area (Å²) in [5.41, 5.74) is 2.11. The van der Waals surface area contributed by atoms with Gasteiger partial charge in [0.05, 0.1) is 0 Å². The molecule has 0 aliphatic rings. The van der Waals surface area contributed by atoms with E-state index in [1.807, 2.05) is 68.8 Å². The molecule has 0 unspecified atom stereocenters. The minimum Gasteiger partial charge on any atom is -0.394 e. The summed E-state index contributed by atoms with van der Waals surface area (Å²) in [4.78, 5) is 2.00. The van der Waals surface area contributed by atoms with Crippen molar-refractivity contribution < 1.29 is 0 Å². The molecular formula is C13H17ClN2. The van der Waals surface area contributed by atoms with Gasteiger partial charge < -0.3 is 10.2 Å². The molecule has 0 radical (unpaired) electrons. The smallest absolute Gasteiger partial charge is 0.0484 e. The molecule has 0 fully saturated rings. The zero-order valence-corrected chi connectivity index (χ0v) is 10.6. The van der Waals surface area contributed by atoms with Crippen LogP contribution in [0.4, 0.5) is 0 Å². The Morgan fingerprint density at radius 3 is 2.56 bits per heavy atom. The molecule has 0 saturated carbocycles. The highest BCUT2D eigenvalue weighted by atomic mass is 35.5. The van der Waals surface area contributed by atoms with Gasteiger partial charge in [0, 0.05) is 43.5 Å². The Hall–Kier alpha value is -1.41. The van der Waals surface area contributed by atoms with Gasteiger partial charge in [0.2, 0.25) is 0 Å². The monoisotopic (exact) mass is 236 g/mol. The van der Waals surface area contributed by atoms with Crippen molar-refractivity contribution in [3.63, 3.8) is 0 Å². The van der Waals surface area contributed by atoms with E-state index in [4.69, 9.17) is 11.6 Å². The van der Waals surface area contributed by atoms with Gasteiger partial charge in [-0.15, -0.1) is 0 Å². The van der Waals surface area contributed by atoms with E-state index in [0.29, 0.717) is 0 Å². The van der Waals surface area contributed by atoms with E-state index in [-0.39, 0.29) is 0 Å². The predicted molar refractivity (Wildman–Crippen MR) is 71.3 cm³/mol. The fourth-order valence-electron chi connectivity index (χ4n) is 1.35. The SMILES string of the molecule is CNC=CC(=CN(C)C)c1ccccc1Cl. The third-order valence-corrected chi connectivity index (χ3v) is 2.34. The van der Waals surface area contributed by atoms with Crippen LogP contribution in [0.1, 0.15) is 5.56 Å². The molecule has 0 bridgehead atoms. The van der Waals surface area contributed by atoms with Gasteiger partial charge >= 0.3 is 0 Å². The number of nitrogens with zero attached hydrogens (tertiary/aromatic N) is 1. The molecule has 86 valence electrons. The van der Waals surface area contributed by atoms with E-state index in [0.717, 1.165) is 16.2 Å². The first-order chi connectivity index (χ1) is 7.65. The first-order valence-electron chi connectivity index (χ1n) is 5.12. The zero-order valence-electron chi connectivity index (χ0n) is 9.87. The van der Waals surface area contributed by atoms with Crippen molar-refractivity contribution in [3.8, 4) is 0 Å². The molecule has 2 nitrogen and oxygen atoms in total. The van der Waals surface area contributed by atoms with Crippen LogP contribution >= 0.6 is 11.6 Å². The molecule has 0 saturated heterocycles. The molecule has 1 aromatic carbocycles. The fourth-order valence-corrected chi connectivity index (χ4v) is 1.59. The van der Waals surface area contributed by atoms with Gasteiger partial charge in [-0.2, -0.15) is 0 Å². The average Bonchev–Trinajstić information content (AvgIpc) is 2.24. The van der Waals surface area contributed by atoms with Gasteiger partial charge in [-0.25, -0.2) is 0 Å². The largest absolute Gasteiger partial charge is 0.394 e. The molecule has 0 amide bonds. The van der Waals surface area contributed by atoms with Crippen molar-refractivity contribution in [1.82, 2.24) is 10.2 Å². The van der Waals surface area contributed by atoms with Crippen LogP contribution in [0.25, 0.3) is 5.57 Å². The molecule has 3 heteroatoms. The first kappa shape index (κ1) is 12.7. The van der Waals surface area contributed by atoms with E-state index < -0.39 is 0 Å². The maximum Gasteiger partial charge on any atom is 0.0484 e. The number of nitrogens with one attached hydrogen (secondary N) is 1. The quantitative estimate of drug-likeness (QED) is 0.809. The third-order valence-electron chi connectivity index (χ3n) is 2.01. The molecule has 0 aliphatic carbocycles. The van der Waals surface area contributed by atoms with Crippen LogP contribution < -0.4 is 5.32 Å². The van der Waals surface area contributed by atoms with E-state index in [1.54, 1.807) is 0 Å². The second-order valence-corrected chi connectivity index (χ2v) is 4.06. The molecule has 1 N–H and O–H groups in total. The van der Waals surface area contributed by atoms with Crippen LogP contribution in [0, 0.1) is 0 Å². The Labute approximate surface area is 102 Å². The fraction of sp³-hybridized carbons (Fsp3) is 0.231. The summed E-state index contributed by atoms with van der Waals surface area (Å²) in [5, 5.41) is 3.74. The van der Waals surface area contributed by atoms with Gasteiger partial charge in [0.15, 0.2) is 0 Å². The van der Waals surface area contributed by atoms with Crippen LogP contribution in [0.5, 0.6) is 0 Å². The highest BCUT2D eigenvalue weighted by molar-refractivity contribution is 6.32. The number of hydrogen-bond donors (Lipinski definition) is 1. The van der Waals surface area contributed by atoms with E-state index in [2.05, 4.69) is 5.32 Å². The van der Waals surface area contributed by atoms with Crippen molar-refractivity contribution in [2.24, 2.45) is 0 Å². The summed E-state index contributed by atoms with van der Waals surface area (Å²) in [6.07, 6.45) is 5.93. The Morgan fingerprint density at radius 2 is 2.00 bits per heavy atom. The number of halogens is 1. The minimum atomic E-state index is 0.761. The summed E-state index contributed by atoms with van der Waals surface area (Å²) in [6.45, 7) is 0. The van der Waals surface area contributed by atoms with Crippen molar-refractivity contribution in [2.75, 3.05) is 21.1 Å². The van der Waals surface area contributed by atoms with E-state index >= 15 is 0 Å². The number of allylic oxidation sites excluding steroid dienone is 2. The van der Waals surface area contributed by atoms with E-state index in [1.165, 1.54) is 0 Å². The van der Waals surface area contributed by atoms with Crippen LogP contribution in [0.3, 0.4) is 0 Å².